The van der Waals surface area contributed by atoms with E-state index in [1.807, 2.05) is 13.0 Å². The van der Waals surface area contributed by atoms with Crippen molar-refractivity contribution >= 4 is 11.3 Å². The highest BCUT2D eigenvalue weighted by atomic mass is 32.1. The van der Waals surface area contributed by atoms with Gasteiger partial charge < -0.3 is 5.32 Å². The molecule has 0 aliphatic carbocycles. The summed E-state index contributed by atoms with van der Waals surface area (Å²) < 4.78 is 0. The van der Waals surface area contributed by atoms with Gasteiger partial charge in [0.2, 0.25) is 0 Å². The summed E-state index contributed by atoms with van der Waals surface area (Å²) in [5.74, 6) is 0.790. The molecule has 2 aromatic rings. The second-order valence-electron chi connectivity index (χ2n) is 4.22. The third kappa shape index (κ3) is 2.21. The molecule has 1 atom stereocenters. The molecule has 0 spiro atoms. The van der Waals surface area contributed by atoms with Gasteiger partial charge in [-0.25, -0.2) is 15.0 Å². The standard InChI is InChI=1S/C12H14N4S/c1-8-13-6-4-10(15-8)12-16-11(7-17-12)9-3-2-5-14-9/h4,6-7,9,14H,2-3,5H2,1H3. The minimum atomic E-state index is 0.433. The van der Waals surface area contributed by atoms with Crippen molar-refractivity contribution in [2.75, 3.05) is 6.54 Å². The molecule has 0 aromatic carbocycles. The molecule has 1 N–H and O–H groups in total. The van der Waals surface area contributed by atoms with Crippen LogP contribution in [-0.4, -0.2) is 21.5 Å². The number of nitrogens with one attached hydrogen (secondary N) is 1. The zero-order valence-corrected chi connectivity index (χ0v) is 10.5. The van der Waals surface area contributed by atoms with E-state index in [-0.39, 0.29) is 0 Å². The summed E-state index contributed by atoms with van der Waals surface area (Å²) in [6, 6.07) is 2.35. The van der Waals surface area contributed by atoms with Crippen LogP contribution in [0.3, 0.4) is 0 Å². The maximum atomic E-state index is 4.67. The van der Waals surface area contributed by atoms with Crippen molar-refractivity contribution in [1.29, 1.82) is 0 Å². The van der Waals surface area contributed by atoms with E-state index in [1.165, 1.54) is 12.8 Å². The molecular formula is C12H14N4S. The third-order valence-corrected chi connectivity index (χ3v) is 3.82. The van der Waals surface area contributed by atoms with Crippen molar-refractivity contribution < 1.29 is 0 Å². The van der Waals surface area contributed by atoms with E-state index in [2.05, 4.69) is 25.6 Å². The number of hydrogen-bond donors (Lipinski definition) is 1. The van der Waals surface area contributed by atoms with Crippen molar-refractivity contribution in [3.05, 3.63) is 29.2 Å². The average molecular weight is 246 g/mol. The number of thiazole rings is 1. The maximum Gasteiger partial charge on any atom is 0.142 e. The molecule has 0 amide bonds. The zero-order valence-electron chi connectivity index (χ0n) is 9.68. The molecule has 0 bridgehead atoms. The molecule has 3 rings (SSSR count). The Morgan fingerprint density at radius 2 is 2.35 bits per heavy atom. The topological polar surface area (TPSA) is 50.7 Å². The second kappa shape index (κ2) is 4.50. The minimum Gasteiger partial charge on any atom is -0.309 e. The van der Waals surface area contributed by atoms with Gasteiger partial charge in [0.1, 0.15) is 16.5 Å². The molecule has 4 nitrogen and oxygen atoms in total. The van der Waals surface area contributed by atoms with Crippen LogP contribution in [0, 0.1) is 6.92 Å². The average Bonchev–Trinajstić information content (AvgIpc) is 3.00. The number of aromatic nitrogens is 3. The summed E-state index contributed by atoms with van der Waals surface area (Å²) in [6.45, 7) is 3.00. The van der Waals surface area contributed by atoms with Crippen LogP contribution in [0.25, 0.3) is 10.7 Å². The lowest BCUT2D eigenvalue weighted by Gasteiger charge is -2.04. The smallest absolute Gasteiger partial charge is 0.142 e. The van der Waals surface area contributed by atoms with Gasteiger partial charge >= 0.3 is 0 Å². The van der Waals surface area contributed by atoms with Gasteiger partial charge in [0.25, 0.3) is 0 Å². The molecule has 1 saturated heterocycles. The molecule has 1 aliphatic rings. The summed E-state index contributed by atoms with van der Waals surface area (Å²) in [5.41, 5.74) is 2.07. The highest BCUT2D eigenvalue weighted by Crippen LogP contribution is 2.28. The first kappa shape index (κ1) is 10.8. The quantitative estimate of drug-likeness (QED) is 0.883. The Kier molecular flexibility index (Phi) is 2.86. The number of rotatable bonds is 2. The fraction of sp³-hybridized carbons (Fsp3) is 0.417. The van der Waals surface area contributed by atoms with Crippen LogP contribution in [0.4, 0.5) is 0 Å². The van der Waals surface area contributed by atoms with Crippen LogP contribution in [0.5, 0.6) is 0 Å². The molecule has 0 saturated carbocycles. The van der Waals surface area contributed by atoms with Crippen molar-refractivity contribution in [2.45, 2.75) is 25.8 Å². The molecule has 2 aromatic heterocycles. The molecule has 88 valence electrons. The van der Waals surface area contributed by atoms with Crippen molar-refractivity contribution in [3.8, 4) is 10.7 Å². The van der Waals surface area contributed by atoms with Crippen LogP contribution < -0.4 is 5.32 Å². The van der Waals surface area contributed by atoms with Crippen molar-refractivity contribution in [1.82, 2.24) is 20.3 Å². The lowest BCUT2D eigenvalue weighted by molar-refractivity contribution is 0.632. The first-order valence-electron chi connectivity index (χ1n) is 5.82. The molecule has 1 fully saturated rings. The SMILES string of the molecule is Cc1nccc(-c2nc(C3CCCN3)cs2)n1. The van der Waals surface area contributed by atoms with Crippen LogP contribution in [0.15, 0.2) is 17.6 Å². The zero-order chi connectivity index (χ0) is 11.7. The molecule has 0 radical (unpaired) electrons. The van der Waals surface area contributed by atoms with E-state index >= 15 is 0 Å². The highest BCUT2D eigenvalue weighted by molar-refractivity contribution is 7.13. The van der Waals surface area contributed by atoms with Crippen molar-refractivity contribution in [2.24, 2.45) is 0 Å². The van der Waals surface area contributed by atoms with Gasteiger partial charge in [-0.1, -0.05) is 0 Å². The number of aryl methyl sites for hydroxylation is 1. The normalized spacial score (nSPS) is 19.7. The van der Waals surface area contributed by atoms with Gasteiger partial charge in [-0.3, -0.25) is 0 Å². The Hall–Kier alpha value is -1.33. The fourth-order valence-corrected chi connectivity index (χ4v) is 2.92. The van der Waals surface area contributed by atoms with Crippen LogP contribution in [0.2, 0.25) is 0 Å². The van der Waals surface area contributed by atoms with E-state index in [9.17, 15) is 0 Å². The van der Waals surface area contributed by atoms with Crippen molar-refractivity contribution in [3.63, 3.8) is 0 Å². The maximum absolute atomic E-state index is 4.67. The van der Waals surface area contributed by atoms with Gasteiger partial charge in [0.15, 0.2) is 0 Å². The van der Waals surface area contributed by atoms with Crippen LogP contribution >= 0.6 is 11.3 Å². The molecule has 1 aliphatic heterocycles. The van der Waals surface area contributed by atoms with E-state index in [0.29, 0.717) is 6.04 Å². The summed E-state index contributed by atoms with van der Waals surface area (Å²) >= 11 is 1.66. The Labute approximate surface area is 104 Å². The van der Waals surface area contributed by atoms with E-state index in [4.69, 9.17) is 0 Å². The minimum absolute atomic E-state index is 0.433. The third-order valence-electron chi connectivity index (χ3n) is 2.93. The molecule has 1 unspecified atom stereocenters. The molecule has 17 heavy (non-hydrogen) atoms. The first-order chi connectivity index (χ1) is 8.33. The summed E-state index contributed by atoms with van der Waals surface area (Å²) in [6.07, 6.45) is 4.21. The lowest BCUT2D eigenvalue weighted by atomic mass is 10.2. The van der Waals surface area contributed by atoms with Crippen LogP contribution in [-0.2, 0) is 0 Å². The Bertz CT molecular complexity index is 517. The Morgan fingerprint density at radius 1 is 1.41 bits per heavy atom. The Balaban J connectivity index is 1.89. The summed E-state index contributed by atoms with van der Waals surface area (Å²) in [7, 11) is 0. The number of hydrogen-bond acceptors (Lipinski definition) is 5. The van der Waals surface area contributed by atoms with Gasteiger partial charge in [-0.2, -0.15) is 0 Å². The lowest BCUT2D eigenvalue weighted by Crippen LogP contribution is -2.12. The van der Waals surface area contributed by atoms with E-state index < -0.39 is 0 Å². The van der Waals surface area contributed by atoms with E-state index in [1.54, 1.807) is 17.5 Å². The number of nitrogens with zero attached hydrogens (tertiary/aromatic N) is 3. The molecule has 5 heteroatoms. The largest absolute Gasteiger partial charge is 0.309 e. The molecule has 3 heterocycles. The monoisotopic (exact) mass is 246 g/mol. The van der Waals surface area contributed by atoms with Gasteiger partial charge in [-0.15, -0.1) is 11.3 Å². The second-order valence-corrected chi connectivity index (χ2v) is 5.07. The van der Waals surface area contributed by atoms with Gasteiger partial charge in [0, 0.05) is 11.6 Å². The Morgan fingerprint density at radius 3 is 3.12 bits per heavy atom. The summed E-state index contributed by atoms with van der Waals surface area (Å²) in [4.78, 5) is 13.2. The predicted octanol–water partition coefficient (Wildman–Crippen LogP) is 2.33. The molecular weight excluding hydrogens is 232 g/mol. The predicted molar refractivity (Wildman–Crippen MR) is 67.9 cm³/mol. The summed E-state index contributed by atoms with van der Waals surface area (Å²) in [5, 5.41) is 6.58. The van der Waals surface area contributed by atoms with Gasteiger partial charge in [0.05, 0.1) is 11.7 Å². The highest BCUT2D eigenvalue weighted by Gasteiger charge is 2.19. The first-order valence-corrected chi connectivity index (χ1v) is 6.70. The van der Waals surface area contributed by atoms with Gasteiger partial charge in [-0.05, 0) is 32.4 Å². The van der Waals surface area contributed by atoms with E-state index in [0.717, 1.165) is 28.8 Å². The van der Waals surface area contributed by atoms with Crippen LogP contribution in [0.1, 0.15) is 30.4 Å². The fourth-order valence-electron chi connectivity index (χ4n) is 2.08.